The summed E-state index contributed by atoms with van der Waals surface area (Å²) < 4.78 is 7.37. The first kappa shape index (κ1) is 14.0. The van der Waals surface area contributed by atoms with Crippen molar-refractivity contribution in [1.82, 2.24) is 9.55 Å². The van der Waals surface area contributed by atoms with Gasteiger partial charge >= 0.3 is 0 Å². The molecule has 0 fully saturated rings. The van der Waals surface area contributed by atoms with Crippen molar-refractivity contribution in [3.8, 4) is 5.75 Å². The molecule has 108 valence electrons. The van der Waals surface area contributed by atoms with Crippen molar-refractivity contribution in [2.45, 2.75) is 18.8 Å². The Kier molecular flexibility index (Phi) is 3.84. The van der Waals surface area contributed by atoms with Crippen LogP contribution in [0.4, 0.5) is 0 Å². The Hall–Kier alpha value is -2.00. The van der Waals surface area contributed by atoms with Gasteiger partial charge in [0.15, 0.2) is 0 Å². The lowest BCUT2D eigenvalue weighted by Gasteiger charge is -2.11. The van der Waals surface area contributed by atoms with E-state index in [0.29, 0.717) is 0 Å². The number of hydrogen-bond donors (Lipinski definition) is 0. The number of benzene rings is 2. The lowest BCUT2D eigenvalue weighted by molar-refractivity contribution is 0.414. The molecule has 1 unspecified atom stereocenters. The van der Waals surface area contributed by atoms with Gasteiger partial charge < -0.3 is 9.30 Å². The van der Waals surface area contributed by atoms with Gasteiger partial charge in [0, 0.05) is 6.54 Å². The van der Waals surface area contributed by atoms with E-state index in [1.54, 1.807) is 7.11 Å². The maximum absolute atomic E-state index is 6.29. The minimum atomic E-state index is -0.129. The second kappa shape index (κ2) is 5.78. The Labute approximate surface area is 129 Å². The van der Waals surface area contributed by atoms with Gasteiger partial charge in [0.1, 0.15) is 11.6 Å². The summed E-state index contributed by atoms with van der Waals surface area (Å²) in [6.45, 7) is 2.70. The molecular weight excluding hydrogens is 284 g/mol. The molecule has 0 radical (unpaired) electrons. The van der Waals surface area contributed by atoms with Crippen LogP contribution in [-0.2, 0) is 6.54 Å². The van der Waals surface area contributed by atoms with Crippen molar-refractivity contribution < 1.29 is 4.74 Å². The zero-order valence-corrected chi connectivity index (χ0v) is 12.8. The minimum Gasteiger partial charge on any atom is -0.497 e. The zero-order valence-electron chi connectivity index (χ0n) is 12.1. The predicted octanol–water partition coefficient (Wildman–Crippen LogP) is 4.39. The smallest absolute Gasteiger partial charge is 0.128 e. The van der Waals surface area contributed by atoms with E-state index in [4.69, 9.17) is 16.3 Å². The highest BCUT2D eigenvalue weighted by Gasteiger charge is 2.14. The summed E-state index contributed by atoms with van der Waals surface area (Å²) in [5.41, 5.74) is 3.28. The minimum absolute atomic E-state index is 0.129. The summed E-state index contributed by atoms with van der Waals surface area (Å²) in [4.78, 5) is 4.65. The molecule has 1 heterocycles. The average molecular weight is 301 g/mol. The van der Waals surface area contributed by atoms with Crippen LogP contribution in [0.25, 0.3) is 11.0 Å². The molecule has 0 amide bonds. The number of nitrogens with zero attached hydrogens (tertiary/aromatic N) is 2. The number of methoxy groups -OCH3 is 1. The summed E-state index contributed by atoms with van der Waals surface area (Å²) in [5, 5.41) is -0.129. The first-order valence-corrected chi connectivity index (χ1v) is 7.35. The third kappa shape index (κ3) is 2.74. The van der Waals surface area contributed by atoms with E-state index in [-0.39, 0.29) is 5.38 Å². The van der Waals surface area contributed by atoms with E-state index in [2.05, 4.69) is 27.8 Å². The Bertz CT molecular complexity index is 747. The first-order chi connectivity index (χ1) is 10.2. The van der Waals surface area contributed by atoms with Gasteiger partial charge in [0.25, 0.3) is 0 Å². The second-order valence-corrected chi connectivity index (χ2v) is 5.66. The van der Waals surface area contributed by atoms with Crippen molar-refractivity contribution in [1.29, 1.82) is 0 Å². The van der Waals surface area contributed by atoms with Gasteiger partial charge in [-0.1, -0.05) is 24.3 Å². The van der Waals surface area contributed by atoms with Crippen molar-refractivity contribution in [3.05, 3.63) is 59.9 Å². The molecule has 0 N–H and O–H groups in total. The van der Waals surface area contributed by atoms with Crippen molar-refractivity contribution in [2.24, 2.45) is 0 Å². The maximum Gasteiger partial charge on any atom is 0.128 e. The summed E-state index contributed by atoms with van der Waals surface area (Å²) in [6.07, 6.45) is 0. The number of ether oxygens (including phenoxy) is 1. The summed E-state index contributed by atoms with van der Waals surface area (Å²) in [6, 6.07) is 16.2. The van der Waals surface area contributed by atoms with Gasteiger partial charge in [0.2, 0.25) is 0 Å². The van der Waals surface area contributed by atoms with Gasteiger partial charge in [-0.3, -0.25) is 0 Å². The van der Waals surface area contributed by atoms with Crippen LogP contribution in [0.1, 0.15) is 23.7 Å². The number of alkyl halides is 1. The number of rotatable bonds is 4. The van der Waals surface area contributed by atoms with Crippen LogP contribution < -0.4 is 4.74 Å². The topological polar surface area (TPSA) is 27.1 Å². The molecule has 3 aromatic rings. The molecule has 4 heteroatoms. The largest absolute Gasteiger partial charge is 0.497 e. The van der Waals surface area contributed by atoms with Crippen LogP contribution >= 0.6 is 11.6 Å². The normalized spacial score (nSPS) is 12.5. The number of hydrogen-bond acceptors (Lipinski definition) is 2. The molecule has 0 bridgehead atoms. The zero-order chi connectivity index (χ0) is 14.8. The Morgan fingerprint density at radius 3 is 2.52 bits per heavy atom. The molecule has 0 spiro atoms. The van der Waals surface area contributed by atoms with Gasteiger partial charge in [-0.2, -0.15) is 0 Å². The quantitative estimate of drug-likeness (QED) is 0.668. The lowest BCUT2D eigenvalue weighted by atomic mass is 10.2. The van der Waals surface area contributed by atoms with Crippen molar-refractivity contribution >= 4 is 22.6 Å². The number of halogens is 1. The van der Waals surface area contributed by atoms with Gasteiger partial charge in [0.05, 0.1) is 23.5 Å². The van der Waals surface area contributed by atoms with Crippen LogP contribution in [0, 0.1) is 0 Å². The first-order valence-electron chi connectivity index (χ1n) is 6.91. The van der Waals surface area contributed by atoms with Crippen LogP contribution in [-0.4, -0.2) is 16.7 Å². The fourth-order valence-electron chi connectivity index (χ4n) is 2.48. The van der Waals surface area contributed by atoms with Gasteiger partial charge in [-0.05, 0) is 36.8 Å². The molecule has 2 aromatic carbocycles. The molecule has 21 heavy (non-hydrogen) atoms. The monoisotopic (exact) mass is 300 g/mol. The van der Waals surface area contributed by atoms with Crippen molar-refractivity contribution in [3.63, 3.8) is 0 Å². The van der Waals surface area contributed by atoms with Gasteiger partial charge in [-0.15, -0.1) is 11.6 Å². The molecule has 0 aliphatic rings. The molecule has 0 saturated heterocycles. The average Bonchev–Trinajstić information content (AvgIpc) is 2.87. The Balaban J connectivity index is 2.03. The molecule has 0 saturated carbocycles. The van der Waals surface area contributed by atoms with Crippen molar-refractivity contribution in [2.75, 3.05) is 7.11 Å². The summed E-state index contributed by atoms with van der Waals surface area (Å²) in [7, 11) is 1.67. The van der Waals surface area contributed by atoms with E-state index in [1.165, 1.54) is 5.56 Å². The number of aromatic nitrogens is 2. The van der Waals surface area contributed by atoms with Gasteiger partial charge in [-0.25, -0.2) is 4.98 Å². The molecular formula is C17H17ClN2O. The van der Waals surface area contributed by atoms with E-state index < -0.39 is 0 Å². The number of fused-ring (bicyclic) bond motifs is 1. The molecule has 1 atom stereocenters. The molecule has 1 aromatic heterocycles. The summed E-state index contributed by atoms with van der Waals surface area (Å²) in [5.74, 6) is 1.76. The Morgan fingerprint density at radius 1 is 1.14 bits per heavy atom. The number of para-hydroxylation sites is 2. The SMILES string of the molecule is COc1ccc(Cn2c(C(C)Cl)nc3ccccc32)cc1. The fourth-order valence-corrected chi connectivity index (χ4v) is 2.64. The second-order valence-electron chi connectivity index (χ2n) is 5.01. The molecule has 0 aliphatic carbocycles. The number of imidazole rings is 1. The predicted molar refractivity (Wildman–Crippen MR) is 86.1 cm³/mol. The van der Waals surface area contributed by atoms with E-state index in [9.17, 15) is 0 Å². The Morgan fingerprint density at radius 2 is 1.86 bits per heavy atom. The third-order valence-corrected chi connectivity index (χ3v) is 3.73. The van der Waals surface area contributed by atoms with E-state index >= 15 is 0 Å². The molecule has 0 aliphatic heterocycles. The van der Waals surface area contributed by atoms with Crippen LogP contribution in [0.2, 0.25) is 0 Å². The van der Waals surface area contributed by atoms with E-state index in [1.807, 2.05) is 37.3 Å². The molecule has 3 nitrogen and oxygen atoms in total. The third-order valence-electron chi connectivity index (χ3n) is 3.54. The van der Waals surface area contributed by atoms with Crippen LogP contribution in [0.5, 0.6) is 5.75 Å². The molecule has 3 rings (SSSR count). The van der Waals surface area contributed by atoms with Crippen LogP contribution in [0.3, 0.4) is 0 Å². The standard InChI is InChI=1S/C17H17ClN2O/c1-12(18)17-19-15-5-3-4-6-16(15)20(17)11-13-7-9-14(21-2)10-8-13/h3-10,12H,11H2,1-2H3. The van der Waals surface area contributed by atoms with E-state index in [0.717, 1.165) is 29.2 Å². The fraction of sp³-hybridized carbons (Fsp3) is 0.235. The lowest BCUT2D eigenvalue weighted by Crippen LogP contribution is -2.05. The highest BCUT2D eigenvalue weighted by molar-refractivity contribution is 6.20. The highest BCUT2D eigenvalue weighted by atomic mass is 35.5. The van der Waals surface area contributed by atoms with Crippen LogP contribution in [0.15, 0.2) is 48.5 Å². The maximum atomic E-state index is 6.29. The highest BCUT2D eigenvalue weighted by Crippen LogP contribution is 2.25. The summed E-state index contributed by atoms with van der Waals surface area (Å²) >= 11 is 6.29.